The van der Waals surface area contributed by atoms with Gasteiger partial charge in [-0.2, -0.15) is 0 Å². The normalized spacial score (nSPS) is 11.3. The zero-order chi connectivity index (χ0) is 16.3. The second-order valence-electron chi connectivity index (χ2n) is 5.91. The van der Waals surface area contributed by atoms with Crippen LogP contribution in [0.1, 0.15) is 19.4 Å². The molecule has 0 unspecified atom stereocenters. The summed E-state index contributed by atoms with van der Waals surface area (Å²) in [5.74, 6) is 0. The Morgan fingerprint density at radius 1 is 1.09 bits per heavy atom. The Morgan fingerprint density at radius 2 is 1.82 bits per heavy atom. The molecule has 2 aromatic carbocycles. The highest BCUT2D eigenvalue weighted by Gasteiger charge is 2.23. The first kappa shape index (κ1) is 16.8. The van der Waals surface area contributed by atoms with Crippen molar-refractivity contribution >= 4 is 40.3 Å². The maximum Gasteiger partial charge on any atom is 0.0575 e. The van der Waals surface area contributed by atoms with Gasteiger partial charge >= 0.3 is 0 Å². The third-order valence-electron chi connectivity index (χ3n) is 3.72. The number of anilines is 3. The summed E-state index contributed by atoms with van der Waals surface area (Å²) in [5.41, 5.74) is 9.50. The van der Waals surface area contributed by atoms with Crippen molar-refractivity contribution in [3.8, 4) is 0 Å². The lowest BCUT2D eigenvalue weighted by atomic mass is 9.84. The summed E-state index contributed by atoms with van der Waals surface area (Å²) in [5, 5.41) is 7.87. The summed E-state index contributed by atoms with van der Waals surface area (Å²) in [6, 6.07) is 11.4. The molecule has 118 valence electrons. The van der Waals surface area contributed by atoms with E-state index in [-0.39, 0.29) is 5.41 Å². The number of halogens is 2. The maximum absolute atomic E-state index is 6.31. The molecule has 2 aromatic rings. The number of hydrogen-bond donors (Lipinski definition) is 3. The van der Waals surface area contributed by atoms with E-state index < -0.39 is 0 Å². The average Bonchev–Trinajstić information content (AvgIpc) is 2.48. The summed E-state index contributed by atoms with van der Waals surface area (Å²) in [6.45, 7) is 4.93. The molecular weight excluding hydrogens is 317 g/mol. The van der Waals surface area contributed by atoms with E-state index in [1.54, 1.807) is 6.07 Å². The molecule has 3 nitrogen and oxygen atoms in total. The van der Waals surface area contributed by atoms with Crippen LogP contribution in [0.5, 0.6) is 0 Å². The van der Waals surface area contributed by atoms with E-state index in [1.807, 2.05) is 37.4 Å². The van der Waals surface area contributed by atoms with Gasteiger partial charge in [-0.3, -0.25) is 0 Å². The van der Waals surface area contributed by atoms with Gasteiger partial charge in [-0.1, -0.05) is 37.0 Å². The zero-order valence-electron chi connectivity index (χ0n) is 13.0. The highest BCUT2D eigenvalue weighted by molar-refractivity contribution is 6.33. The molecule has 0 aliphatic rings. The third kappa shape index (κ3) is 3.79. The lowest BCUT2D eigenvalue weighted by Crippen LogP contribution is -2.28. The Balaban J connectivity index is 2.17. The molecule has 0 aromatic heterocycles. The standard InChI is InChI=1S/C17H21Cl2N3/c1-17(2,13-8-11(18)4-6-14(13)19)10-22-16-7-5-12(21-3)9-15(16)20/h4-9,21-22H,10,20H2,1-3H3. The predicted octanol–water partition coefficient (Wildman–Crippen LogP) is 5.01. The van der Waals surface area contributed by atoms with Gasteiger partial charge in [-0.25, -0.2) is 0 Å². The first-order valence-electron chi connectivity index (χ1n) is 7.10. The number of benzene rings is 2. The number of nitrogen functional groups attached to an aromatic ring is 1. The van der Waals surface area contributed by atoms with E-state index in [0.717, 1.165) is 22.0 Å². The molecule has 0 fully saturated rings. The lowest BCUT2D eigenvalue weighted by Gasteiger charge is -2.28. The monoisotopic (exact) mass is 337 g/mol. The Labute approximate surface area is 141 Å². The van der Waals surface area contributed by atoms with Gasteiger partial charge in [0.15, 0.2) is 0 Å². The molecule has 0 heterocycles. The van der Waals surface area contributed by atoms with Crippen LogP contribution in [0, 0.1) is 0 Å². The fourth-order valence-corrected chi connectivity index (χ4v) is 2.85. The second kappa shape index (κ2) is 6.67. The molecule has 4 N–H and O–H groups in total. The molecule has 0 aliphatic carbocycles. The van der Waals surface area contributed by atoms with Crippen LogP contribution in [0.2, 0.25) is 10.0 Å². The van der Waals surface area contributed by atoms with Crippen molar-refractivity contribution in [1.29, 1.82) is 0 Å². The van der Waals surface area contributed by atoms with Gasteiger partial charge < -0.3 is 16.4 Å². The molecule has 0 saturated carbocycles. The van der Waals surface area contributed by atoms with E-state index in [0.29, 0.717) is 17.3 Å². The molecule has 5 heteroatoms. The Kier molecular flexibility index (Phi) is 5.09. The van der Waals surface area contributed by atoms with Gasteiger partial charge in [-0.05, 0) is 42.0 Å². The Morgan fingerprint density at radius 3 is 2.45 bits per heavy atom. The minimum Gasteiger partial charge on any atom is -0.397 e. The zero-order valence-corrected chi connectivity index (χ0v) is 14.5. The van der Waals surface area contributed by atoms with Crippen molar-refractivity contribution in [2.24, 2.45) is 0 Å². The molecule has 22 heavy (non-hydrogen) atoms. The van der Waals surface area contributed by atoms with Gasteiger partial charge in [0.25, 0.3) is 0 Å². The van der Waals surface area contributed by atoms with Crippen molar-refractivity contribution < 1.29 is 0 Å². The van der Waals surface area contributed by atoms with Crippen LogP contribution in [-0.2, 0) is 5.41 Å². The number of nitrogens with two attached hydrogens (primary N) is 1. The largest absolute Gasteiger partial charge is 0.397 e. The Hall–Kier alpha value is -1.58. The molecular formula is C17H21Cl2N3. The van der Waals surface area contributed by atoms with E-state index in [4.69, 9.17) is 28.9 Å². The van der Waals surface area contributed by atoms with E-state index >= 15 is 0 Å². The third-order valence-corrected chi connectivity index (χ3v) is 4.28. The lowest BCUT2D eigenvalue weighted by molar-refractivity contribution is 0.557. The van der Waals surface area contributed by atoms with Crippen molar-refractivity contribution in [2.45, 2.75) is 19.3 Å². The van der Waals surface area contributed by atoms with Crippen LogP contribution in [0.4, 0.5) is 17.1 Å². The minimum atomic E-state index is -0.184. The first-order valence-corrected chi connectivity index (χ1v) is 7.86. The molecule has 2 rings (SSSR count). The SMILES string of the molecule is CNc1ccc(NCC(C)(C)c2cc(Cl)ccc2Cl)c(N)c1. The smallest absolute Gasteiger partial charge is 0.0575 e. The molecule has 0 amide bonds. The second-order valence-corrected chi connectivity index (χ2v) is 6.76. The van der Waals surface area contributed by atoms with Crippen LogP contribution in [0.15, 0.2) is 36.4 Å². The topological polar surface area (TPSA) is 50.1 Å². The van der Waals surface area contributed by atoms with E-state index in [2.05, 4.69) is 24.5 Å². The van der Waals surface area contributed by atoms with Crippen LogP contribution < -0.4 is 16.4 Å². The van der Waals surface area contributed by atoms with E-state index in [9.17, 15) is 0 Å². The van der Waals surface area contributed by atoms with Gasteiger partial charge in [0.1, 0.15) is 0 Å². The molecule has 0 bridgehead atoms. The summed E-state index contributed by atoms with van der Waals surface area (Å²) in [4.78, 5) is 0. The minimum absolute atomic E-state index is 0.184. The van der Waals surface area contributed by atoms with Crippen molar-refractivity contribution in [2.75, 3.05) is 30.0 Å². The van der Waals surface area contributed by atoms with Gasteiger partial charge in [0.05, 0.1) is 11.4 Å². The van der Waals surface area contributed by atoms with Crippen LogP contribution in [-0.4, -0.2) is 13.6 Å². The number of rotatable bonds is 5. The van der Waals surface area contributed by atoms with Gasteiger partial charge in [0.2, 0.25) is 0 Å². The van der Waals surface area contributed by atoms with Crippen LogP contribution in [0.3, 0.4) is 0 Å². The van der Waals surface area contributed by atoms with Gasteiger partial charge in [-0.15, -0.1) is 0 Å². The van der Waals surface area contributed by atoms with E-state index in [1.165, 1.54) is 0 Å². The maximum atomic E-state index is 6.31. The van der Waals surface area contributed by atoms with Crippen molar-refractivity contribution in [3.05, 3.63) is 52.0 Å². The van der Waals surface area contributed by atoms with Crippen LogP contribution in [0.25, 0.3) is 0 Å². The quantitative estimate of drug-likeness (QED) is 0.672. The number of nitrogens with one attached hydrogen (secondary N) is 2. The highest BCUT2D eigenvalue weighted by atomic mass is 35.5. The summed E-state index contributed by atoms with van der Waals surface area (Å²) in [6.07, 6.45) is 0. The summed E-state index contributed by atoms with van der Waals surface area (Å²) < 4.78 is 0. The summed E-state index contributed by atoms with van der Waals surface area (Å²) in [7, 11) is 1.87. The highest BCUT2D eigenvalue weighted by Crippen LogP contribution is 2.33. The van der Waals surface area contributed by atoms with Crippen molar-refractivity contribution in [3.63, 3.8) is 0 Å². The molecule has 0 spiro atoms. The van der Waals surface area contributed by atoms with Gasteiger partial charge in [0, 0.05) is 34.7 Å². The first-order chi connectivity index (χ1) is 10.3. The predicted molar refractivity (Wildman–Crippen MR) is 98.4 cm³/mol. The fourth-order valence-electron chi connectivity index (χ4n) is 2.31. The fraction of sp³-hybridized carbons (Fsp3) is 0.294. The van der Waals surface area contributed by atoms with Crippen molar-refractivity contribution in [1.82, 2.24) is 0 Å². The Bertz CT molecular complexity index is 669. The molecule has 0 atom stereocenters. The summed E-state index contributed by atoms with van der Waals surface area (Å²) >= 11 is 12.4. The molecule has 0 radical (unpaired) electrons. The molecule has 0 aliphatic heterocycles. The number of hydrogen-bond acceptors (Lipinski definition) is 3. The van der Waals surface area contributed by atoms with Crippen LogP contribution >= 0.6 is 23.2 Å². The molecule has 0 saturated heterocycles. The average molecular weight is 338 g/mol.